The molecular formula is C51H98O6. The predicted octanol–water partition coefficient (Wildman–Crippen LogP) is 16.4. The maximum atomic E-state index is 12.6. The molecule has 338 valence electrons. The largest absolute Gasteiger partial charge is 0.462 e. The molecule has 57 heavy (non-hydrogen) atoms. The van der Waals surface area contributed by atoms with Crippen molar-refractivity contribution in [1.82, 2.24) is 0 Å². The molecule has 0 bridgehead atoms. The van der Waals surface area contributed by atoms with Gasteiger partial charge in [0, 0.05) is 19.3 Å². The number of esters is 3. The molecule has 0 aliphatic carbocycles. The van der Waals surface area contributed by atoms with Crippen LogP contribution >= 0.6 is 0 Å². The first kappa shape index (κ1) is 55.4. The van der Waals surface area contributed by atoms with Crippen molar-refractivity contribution in [3.05, 3.63) is 0 Å². The average molecular weight is 807 g/mol. The topological polar surface area (TPSA) is 78.9 Å². The van der Waals surface area contributed by atoms with Gasteiger partial charge in [-0.3, -0.25) is 14.4 Å². The van der Waals surface area contributed by atoms with Gasteiger partial charge >= 0.3 is 17.9 Å². The Balaban J connectivity index is 4.14. The fraction of sp³-hybridized carbons (Fsp3) is 0.941. The number of hydrogen-bond acceptors (Lipinski definition) is 6. The van der Waals surface area contributed by atoms with Crippen LogP contribution in [-0.2, 0) is 28.6 Å². The zero-order chi connectivity index (χ0) is 41.5. The van der Waals surface area contributed by atoms with Crippen LogP contribution < -0.4 is 0 Å². The minimum absolute atomic E-state index is 0.0627. The maximum absolute atomic E-state index is 12.6. The molecule has 6 nitrogen and oxygen atoms in total. The van der Waals surface area contributed by atoms with E-state index in [9.17, 15) is 14.4 Å². The lowest BCUT2D eigenvalue weighted by Crippen LogP contribution is -2.30. The minimum atomic E-state index is -0.758. The van der Waals surface area contributed by atoms with E-state index in [0.29, 0.717) is 19.3 Å². The van der Waals surface area contributed by atoms with Gasteiger partial charge in [-0.1, -0.05) is 252 Å². The number of carbonyl (C=O) groups is 3. The van der Waals surface area contributed by atoms with E-state index in [4.69, 9.17) is 14.2 Å². The molecule has 0 aliphatic rings. The van der Waals surface area contributed by atoms with Gasteiger partial charge in [-0.25, -0.2) is 0 Å². The van der Waals surface area contributed by atoms with E-state index in [0.717, 1.165) is 57.8 Å². The van der Waals surface area contributed by atoms with E-state index in [1.807, 2.05) is 0 Å². The Morgan fingerprint density at radius 1 is 0.281 bits per heavy atom. The molecular weight excluding hydrogens is 709 g/mol. The number of unbranched alkanes of at least 4 members (excludes halogenated alkanes) is 36. The van der Waals surface area contributed by atoms with Crippen LogP contribution in [0.3, 0.4) is 0 Å². The molecule has 0 saturated heterocycles. The van der Waals surface area contributed by atoms with Crippen LogP contribution in [0, 0.1) is 0 Å². The molecule has 1 atom stereocenters. The highest BCUT2D eigenvalue weighted by atomic mass is 16.6. The Morgan fingerprint density at radius 3 is 0.702 bits per heavy atom. The fourth-order valence-corrected chi connectivity index (χ4v) is 7.74. The van der Waals surface area contributed by atoms with Crippen LogP contribution in [0.4, 0.5) is 0 Å². The molecule has 0 fully saturated rings. The highest BCUT2D eigenvalue weighted by Gasteiger charge is 2.19. The van der Waals surface area contributed by atoms with Crippen molar-refractivity contribution in [2.45, 2.75) is 297 Å². The highest BCUT2D eigenvalue weighted by molar-refractivity contribution is 5.71. The van der Waals surface area contributed by atoms with Gasteiger partial charge in [0.2, 0.25) is 0 Å². The van der Waals surface area contributed by atoms with Crippen molar-refractivity contribution in [2.24, 2.45) is 0 Å². The van der Waals surface area contributed by atoms with E-state index in [1.165, 1.54) is 193 Å². The zero-order valence-corrected chi connectivity index (χ0v) is 38.6. The molecule has 0 N–H and O–H groups in total. The van der Waals surface area contributed by atoms with Crippen molar-refractivity contribution in [3.8, 4) is 0 Å². The Morgan fingerprint density at radius 2 is 0.474 bits per heavy atom. The van der Waals surface area contributed by atoms with Crippen LogP contribution in [0.15, 0.2) is 0 Å². The first-order chi connectivity index (χ1) is 28.0. The summed E-state index contributed by atoms with van der Waals surface area (Å²) in [5, 5.41) is 0. The molecule has 6 heteroatoms. The molecule has 0 aliphatic heterocycles. The lowest BCUT2D eigenvalue weighted by Gasteiger charge is -2.18. The van der Waals surface area contributed by atoms with Crippen molar-refractivity contribution in [2.75, 3.05) is 13.2 Å². The lowest BCUT2D eigenvalue weighted by atomic mass is 10.0. The number of hydrogen-bond donors (Lipinski definition) is 0. The van der Waals surface area contributed by atoms with Gasteiger partial charge in [0.1, 0.15) is 13.2 Å². The van der Waals surface area contributed by atoms with Crippen LogP contribution in [0.2, 0.25) is 0 Å². The molecule has 0 aromatic heterocycles. The zero-order valence-electron chi connectivity index (χ0n) is 38.6. The van der Waals surface area contributed by atoms with Gasteiger partial charge in [-0.05, 0) is 19.3 Å². The predicted molar refractivity (Wildman–Crippen MR) is 243 cm³/mol. The van der Waals surface area contributed by atoms with Crippen LogP contribution in [-0.4, -0.2) is 37.2 Å². The third-order valence-corrected chi connectivity index (χ3v) is 11.6. The SMILES string of the molecule is CCCCCCCCCCCCCCCCCCCCC(=O)OC[C@H](COC(=O)CCCCCCCCCCCCCCCC)OC(=O)CCCCCCCCC. The number of ether oxygens (including phenoxy) is 3. The second-order valence-corrected chi connectivity index (χ2v) is 17.5. The molecule has 0 aromatic rings. The van der Waals surface area contributed by atoms with Gasteiger partial charge in [0.05, 0.1) is 0 Å². The minimum Gasteiger partial charge on any atom is -0.462 e. The van der Waals surface area contributed by atoms with E-state index in [1.54, 1.807) is 0 Å². The van der Waals surface area contributed by atoms with E-state index in [2.05, 4.69) is 20.8 Å². The Hall–Kier alpha value is -1.59. The molecule has 0 spiro atoms. The first-order valence-electron chi connectivity index (χ1n) is 25.5. The second kappa shape index (κ2) is 47.1. The normalized spacial score (nSPS) is 11.8. The molecule has 0 aromatic carbocycles. The van der Waals surface area contributed by atoms with Crippen LogP contribution in [0.1, 0.15) is 290 Å². The Kier molecular flexibility index (Phi) is 45.8. The summed E-state index contributed by atoms with van der Waals surface area (Å²) in [7, 11) is 0. The van der Waals surface area contributed by atoms with Gasteiger partial charge in [-0.2, -0.15) is 0 Å². The third-order valence-electron chi connectivity index (χ3n) is 11.6. The smallest absolute Gasteiger partial charge is 0.306 e. The van der Waals surface area contributed by atoms with Crippen molar-refractivity contribution in [3.63, 3.8) is 0 Å². The average Bonchev–Trinajstić information content (AvgIpc) is 3.21. The first-order valence-corrected chi connectivity index (χ1v) is 25.5. The molecule has 0 saturated carbocycles. The standard InChI is InChI=1S/C51H98O6/c1-4-7-10-13-16-18-20-22-24-25-26-27-29-31-33-36-38-41-44-50(53)56-47-48(57-51(54)45-42-39-34-15-12-9-6-3)46-55-49(52)43-40-37-35-32-30-28-23-21-19-17-14-11-8-5-2/h48H,4-47H2,1-3H3/t48-/m0/s1. The summed E-state index contributed by atoms with van der Waals surface area (Å²) in [6, 6.07) is 0. The summed E-state index contributed by atoms with van der Waals surface area (Å²) in [6.45, 7) is 6.64. The quantitative estimate of drug-likeness (QED) is 0.0346. The van der Waals surface area contributed by atoms with Crippen molar-refractivity contribution < 1.29 is 28.6 Å². The van der Waals surface area contributed by atoms with Crippen LogP contribution in [0.5, 0.6) is 0 Å². The van der Waals surface area contributed by atoms with E-state index < -0.39 is 6.10 Å². The summed E-state index contributed by atoms with van der Waals surface area (Å²) >= 11 is 0. The van der Waals surface area contributed by atoms with Gasteiger partial charge in [0.25, 0.3) is 0 Å². The molecule has 0 rings (SSSR count). The molecule has 0 unspecified atom stereocenters. The van der Waals surface area contributed by atoms with E-state index >= 15 is 0 Å². The van der Waals surface area contributed by atoms with Crippen LogP contribution in [0.25, 0.3) is 0 Å². The summed E-state index contributed by atoms with van der Waals surface area (Å²) in [5.74, 6) is -0.850. The third kappa shape index (κ3) is 45.3. The van der Waals surface area contributed by atoms with Gasteiger partial charge < -0.3 is 14.2 Å². The Labute approximate surface area is 355 Å². The second-order valence-electron chi connectivity index (χ2n) is 17.5. The fourth-order valence-electron chi connectivity index (χ4n) is 7.74. The van der Waals surface area contributed by atoms with Crippen molar-refractivity contribution in [1.29, 1.82) is 0 Å². The molecule has 0 amide bonds. The maximum Gasteiger partial charge on any atom is 0.306 e. The number of rotatable bonds is 47. The lowest BCUT2D eigenvalue weighted by molar-refractivity contribution is -0.167. The summed E-state index contributed by atoms with van der Waals surface area (Å²) in [5.41, 5.74) is 0. The molecule has 0 heterocycles. The van der Waals surface area contributed by atoms with Gasteiger partial charge in [-0.15, -0.1) is 0 Å². The van der Waals surface area contributed by atoms with E-state index in [-0.39, 0.29) is 31.1 Å². The summed E-state index contributed by atoms with van der Waals surface area (Å²) in [4.78, 5) is 37.7. The Bertz CT molecular complexity index is 844. The van der Waals surface area contributed by atoms with Crippen molar-refractivity contribution >= 4 is 17.9 Å². The molecule has 0 radical (unpaired) electrons. The highest BCUT2D eigenvalue weighted by Crippen LogP contribution is 2.17. The number of carbonyl (C=O) groups excluding carboxylic acids is 3. The summed E-state index contributed by atoms with van der Waals surface area (Å²) in [6.07, 6.45) is 49.6. The summed E-state index contributed by atoms with van der Waals surface area (Å²) < 4.78 is 16.7. The monoisotopic (exact) mass is 807 g/mol. The van der Waals surface area contributed by atoms with Gasteiger partial charge in [0.15, 0.2) is 6.10 Å².